The third-order valence-electron chi connectivity index (χ3n) is 5.82. The van der Waals surface area contributed by atoms with Crippen molar-refractivity contribution >= 4 is 16.8 Å². The van der Waals surface area contributed by atoms with Crippen molar-refractivity contribution in [1.29, 1.82) is 0 Å². The summed E-state index contributed by atoms with van der Waals surface area (Å²) in [6.07, 6.45) is 2.75. The van der Waals surface area contributed by atoms with Crippen molar-refractivity contribution in [3.63, 3.8) is 0 Å². The van der Waals surface area contributed by atoms with Crippen molar-refractivity contribution < 1.29 is 9.53 Å². The highest BCUT2D eigenvalue weighted by Gasteiger charge is 2.17. The summed E-state index contributed by atoms with van der Waals surface area (Å²) in [6, 6.07) is 15.7. The van der Waals surface area contributed by atoms with Gasteiger partial charge in [0, 0.05) is 17.5 Å². The largest absolute Gasteiger partial charge is 0.497 e. The lowest BCUT2D eigenvalue weighted by molar-refractivity contribution is 0.0953. The molecule has 0 aliphatic carbocycles. The number of benzene rings is 2. The third kappa shape index (κ3) is 4.75. The zero-order chi connectivity index (χ0) is 23.5. The fourth-order valence-electron chi connectivity index (χ4n) is 3.88. The van der Waals surface area contributed by atoms with Crippen LogP contribution in [-0.4, -0.2) is 34.3 Å². The van der Waals surface area contributed by atoms with Gasteiger partial charge in [-0.3, -0.25) is 4.79 Å². The van der Waals surface area contributed by atoms with Crippen LogP contribution >= 0.6 is 0 Å². The number of pyridine rings is 1. The molecular weight excluding hydrogens is 412 g/mol. The molecule has 4 rings (SSSR count). The summed E-state index contributed by atoms with van der Waals surface area (Å²) in [5.41, 5.74) is 6.04. The molecular formula is C27H30N4O2. The number of hydrogen-bond donors (Lipinski definition) is 1. The van der Waals surface area contributed by atoms with Crippen LogP contribution in [0.1, 0.15) is 41.9 Å². The summed E-state index contributed by atoms with van der Waals surface area (Å²) in [5, 5.41) is 8.53. The molecule has 0 unspecified atom stereocenters. The number of carbonyl (C=O) groups is 1. The fourth-order valence-corrected chi connectivity index (χ4v) is 3.88. The lowest BCUT2D eigenvalue weighted by Gasteiger charge is -2.12. The summed E-state index contributed by atoms with van der Waals surface area (Å²) in [6.45, 7) is 8.99. The monoisotopic (exact) mass is 442 g/mol. The van der Waals surface area contributed by atoms with E-state index in [-0.39, 0.29) is 5.91 Å². The van der Waals surface area contributed by atoms with Crippen LogP contribution in [0.4, 0.5) is 0 Å². The molecule has 0 spiro atoms. The van der Waals surface area contributed by atoms with Gasteiger partial charge in [-0.05, 0) is 68.7 Å². The highest BCUT2D eigenvalue weighted by atomic mass is 16.5. The zero-order valence-electron chi connectivity index (χ0n) is 19.8. The van der Waals surface area contributed by atoms with Gasteiger partial charge in [-0.2, -0.15) is 5.10 Å². The first-order chi connectivity index (χ1) is 15.9. The molecule has 0 fully saturated rings. The predicted molar refractivity (Wildman–Crippen MR) is 132 cm³/mol. The van der Waals surface area contributed by atoms with E-state index in [9.17, 15) is 4.79 Å². The topological polar surface area (TPSA) is 69.0 Å². The van der Waals surface area contributed by atoms with Gasteiger partial charge < -0.3 is 10.1 Å². The average molecular weight is 443 g/mol. The Morgan fingerprint density at radius 1 is 1.09 bits per heavy atom. The van der Waals surface area contributed by atoms with Crippen molar-refractivity contribution in [2.75, 3.05) is 13.7 Å². The number of nitrogens with one attached hydrogen (secondary N) is 1. The molecule has 1 N–H and O–H groups in total. The van der Waals surface area contributed by atoms with Crippen LogP contribution in [0.5, 0.6) is 5.75 Å². The molecule has 2 heterocycles. The van der Waals surface area contributed by atoms with Gasteiger partial charge in [0.25, 0.3) is 5.91 Å². The maximum Gasteiger partial charge on any atom is 0.252 e. The van der Waals surface area contributed by atoms with Gasteiger partial charge in [0.2, 0.25) is 0 Å². The van der Waals surface area contributed by atoms with Gasteiger partial charge in [0.15, 0.2) is 0 Å². The van der Waals surface area contributed by atoms with Gasteiger partial charge >= 0.3 is 0 Å². The molecule has 2 aromatic heterocycles. The predicted octanol–water partition coefficient (Wildman–Crippen LogP) is 5.49. The Bertz CT molecular complexity index is 1290. The molecule has 6 nitrogen and oxygen atoms in total. The summed E-state index contributed by atoms with van der Waals surface area (Å²) in [7, 11) is 1.65. The number of rotatable bonds is 7. The first kappa shape index (κ1) is 22.5. The Hall–Kier alpha value is -3.67. The second-order valence-electron chi connectivity index (χ2n) is 8.77. The number of hydrogen-bond acceptors (Lipinski definition) is 4. The number of amides is 1. The first-order valence-corrected chi connectivity index (χ1v) is 11.3. The van der Waals surface area contributed by atoms with Crippen LogP contribution in [0.3, 0.4) is 0 Å². The van der Waals surface area contributed by atoms with E-state index in [1.54, 1.807) is 7.11 Å². The second-order valence-corrected chi connectivity index (χ2v) is 8.77. The molecule has 0 atom stereocenters. The smallest absolute Gasteiger partial charge is 0.252 e. The average Bonchev–Trinajstić information content (AvgIpc) is 3.19. The maximum atomic E-state index is 13.1. The van der Waals surface area contributed by atoms with E-state index in [2.05, 4.69) is 24.3 Å². The van der Waals surface area contributed by atoms with Gasteiger partial charge in [-0.1, -0.05) is 25.5 Å². The molecule has 6 heteroatoms. The normalized spacial score (nSPS) is 11.2. The highest BCUT2D eigenvalue weighted by molar-refractivity contribution is 6.07. The van der Waals surface area contributed by atoms with Crippen molar-refractivity contribution in [1.82, 2.24) is 20.1 Å². The van der Waals surface area contributed by atoms with Crippen LogP contribution < -0.4 is 10.1 Å². The number of aromatic nitrogens is 3. The van der Waals surface area contributed by atoms with Crippen LogP contribution in [0.2, 0.25) is 0 Å². The minimum absolute atomic E-state index is 0.0740. The molecule has 170 valence electrons. The van der Waals surface area contributed by atoms with Crippen LogP contribution in [-0.2, 0) is 0 Å². The molecule has 0 saturated carbocycles. The van der Waals surface area contributed by atoms with E-state index in [1.165, 1.54) is 0 Å². The summed E-state index contributed by atoms with van der Waals surface area (Å²) in [5.74, 6) is 1.25. The Labute approximate surface area is 194 Å². The van der Waals surface area contributed by atoms with E-state index >= 15 is 0 Å². The fraction of sp³-hybridized carbons (Fsp3) is 0.296. The minimum atomic E-state index is -0.0740. The van der Waals surface area contributed by atoms with Crippen molar-refractivity contribution in [2.45, 2.75) is 34.1 Å². The number of aryl methyl sites for hydroxylation is 1. The van der Waals surface area contributed by atoms with Crippen LogP contribution in [0, 0.1) is 19.8 Å². The SMILES string of the molecule is COc1ccc(-n2ncc(-c3cc(C(=O)NCCC(C)C)c4cc(C)ccc4n3)c2C)cc1. The Kier molecular flexibility index (Phi) is 6.45. The minimum Gasteiger partial charge on any atom is -0.497 e. The quantitative estimate of drug-likeness (QED) is 0.411. The molecule has 0 aliphatic heterocycles. The molecule has 4 aromatic rings. The number of ether oxygens (including phenoxy) is 1. The molecule has 0 radical (unpaired) electrons. The van der Waals surface area contributed by atoms with Crippen molar-refractivity contribution in [2.24, 2.45) is 5.92 Å². The molecule has 0 saturated heterocycles. The molecule has 1 amide bonds. The zero-order valence-corrected chi connectivity index (χ0v) is 19.8. The van der Waals surface area contributed by atoms with E-state index in [1.807, 2.05) is 73.3 Å². The molecule has 33 heavy (non-hydrogen) atoms. The molecule has 0 aliphatic rings. The third-order valence-corrected chi connectivity index (χ3v) is 5.82. The van der Waals surface area contributed by atoms with Crippen molar-refractivity contribution in [3.8, 4) is 22.7 Å². The van der Waals surface area contributed by atoms with Gasteiger partial charge in [0.05, 0.1) is 41.5 Å². The lowest BCUT2D eigenvalue weighted by atomic mass is 10.0. The van der Waals surface area contributed by atoms with Gasteiger partial charge in [-0.25, -0.2) is 9.67 Å². The van der Waals surface area contributed by atoms with Crippen LogP contribution in [0.25, 0.3) is 27.8 Å². The second kappa shape index (κ2) is 9.45. The Morgan fingerprint density at radius 2 is 1.85 bits per heavy atom. The van der Waals surface area contributed by atoms with Crippen molar-refractivity contribution in [3.05, 3.63) is 71.5 Å². The number of nitrogens with zero attached hydrogens (tertiary/aromatic N) is 3. The molecule has 2 aromatic carbocycles. The number of carbonyl (C=O) groups excluding carboxylic acids is 1. The van der Waals surface area contributed by atoms with E-state index in [0.717, 1.165) is 51.3 Å². The standard InChI is InChI=1S/C27H30N4O2/c1-17(2)12-13-28-27(32)23-15-26(30-25-11-6-18(3)14-22(23)25)24-16-29-31(19(24)4)20-7-9-21(33-5)10-8-20/h6-11,14-17H,12-13H2,1-5H3,(H,28,32). The Balaban J connectivity index is 1.76. The van der Waals surface area contributed by atoms with Gasteiger partial charge in [0.1, 0.15) is 5.75 Å². The van der Waals surface area contributed by atoms with Gasteiger partial charge in [-0.15, -0.1) is 0 Å². The first-order valence-electron chi connectivity index (χ1n) is 11.3. The molecule has 0 bridgehead atoms. The van der Waals surface area contributed by atoms with E-state index in [0.29, 0.717) is 18.0 Å². The summed E-state index contributed by atoms with van der Waals surface area (Å²) >= 11 is 0. The Morgan fingerprint density at radius 3 is 2.55 bits per heavy atom. The summed E-state index contributed by atoms with van der Waals surface area (Å²) < 4.78 is 7.13. The van der Waals surface area contributed by atoms with E-state index < -0.39 is 0 Å². The lowest BCUT2D eigenvalue weighted by Crippen LogP contribution is -2.25. The maximum absolute atomic E-state index is 13.1. The highest BCUT2D eigenvalue weighted by Crippen LogP contribution is 2.29. The number of fused-ring (bicyclic) bond motifs is 1. The van der Waals surface area contributed by atoms with Crippen LogP contribution in [0.15, 0.2) is 54.7 Å². The van der Waals surface area contributed by atoms with E-state index in [4.69, 9.17) is 9.72 Å². The summed E-state index contributed by atoms with van der Waals surface area (Å²) in [4.78, 5) is 18.0. The number of methoxy groups -OCH3 is 1.